The molecule has 0 unspecified atom stereocenters. The molecule has 0 saturated carbocycles. The molecular weight excluding hydrogens is 458 g/mol. The van der Waals surface area contributed by atoms with Crippen LogP contribution in [0, 0.1) is 6.92 Å². The number of fused-ring (bicyclic) bond motifs is 3. The maximum Gasteiger partial charge on any atom is 0.247 e. The van der Waals surface area contributed by atoms with Crippen molar-refractivity contribution in [2.24, 2.45) is 7.05 Å². The van der Waals surface area contributed by atoms with Crippen molar-refractivity contribution < 1.29 is 14.3 Å². The number of rotatable bonds is 7. The van der Waals surface area contributed by atoms with Gasteiger partial charge in [-0.05, 0) is 50.1 Å². The fourth-order valence-corrected chi connectivity index (χ4v) is 5.64. The number of hydrogen-bond acceptors (Lipinski definition) is 4. The Balaban J connectivity index is 1.83. The van der Waals surface area contributed by atoms with Crippen LogP contribution < -0.4 is 10.2 Å². The van der Waals surface area contributed by atoms with E-state index in [2.05, 4.69) is 9.88 Å². The number of benzene rings is 2. The number of thioether (sulfide) groups is 1. The van der Waals surface area contributed by atoms with Gasteiger partial charge in [-0.25, -0.2) is 0 Å². The predicted molar refractivity (Wildman–Crippen MR) is 134 cm³/mol. The van der Waals surface area contributed by atoms with Crippen LogP contribution in [-0.2, 0) is 21.4 Å². The highest BCUT2D eigenvalue weighted by Gasteiger charge is 2.40. The molecule has 1 atom stereocenters. The highest BCUT2D eigenvalue weighted by Crippen LogP contribution is 2.44. The second-order valence-corrected chi connectivity index (χ2v) is 9.42. The average molecular weight is 486 g/mol. The highest BCUT2D eigenvalue weighted by molar-refractivity contribution is 8.00. The Morgan fingerprint density at radius 1 is 1.27 bits per heavy atom. The van der Waals surface area contributed by atoms with E-state index in [0.717, 1.165) is 27.1 Å². The van der Waals surface area contributed by atoms with Crippen molar-refractivity contribution in [3.63, 3.8) is 0 Å². The molecule has 0 saturated heterocycles. The summed E-state index contributed by atoms with van der Waals surface area (Å²) in [6.07, 6.45) is 0.706. The zero-order valence-corrected chi connectivity index (χ0v) is 20.6. The van der Waals surface area contributed by atoms with Crippen LogP contribution in [0.15, 0.2) is 47.5 Å². The van der Waals surface area contributed by atoms with Gasteiger partial charge in [0.15, 0.2) is 0 Å². The summed E-state index contributed by atoms with van der Waals surface area (Å²) in [6.45, 7) is 5.56. The van der Waals surface area contributed by atoms with Crippen molar-refractivity contribution >= 4 is 51.8 Å². The first kappa shape index (κ1) is 23.7. The number of aromatic nitrogens is 1. The summed E-state index contributed by atoms with van der Waals surface area (Å²) in [5.41, 5.74) is 3.44. The summed E-state index contributed by atoms with van der Waals surface area (Å²) in [4.78, 5) is 28.8. The van der Waals surface area contributed by atoms with Gasteiger partial charge in [0.2, 0.25) is 11.8 Å². The SMILES string of the molecule is CCOCCCNC(=O)[C@H]1c2c(n(C)c3ccccc23)SCC(=O)N1c1ccc(Cl)cc1C. The second kappa shape index (κ2) is 10.2. The van der Waals surface area contributed by atoms with Crippen molar-refractivity contribution in [2.45, 2.75) is 31.3 Å². The Morgan fingerprint density at radius 3 is 2.82 bits per heavy atom. The third-order valence-electron chi connectivity index (χ3n) is 5.86. The molecule has 1 N–H and O–H groups in total. The normalized spacial score (nSPS) is 16.1. The molecule has 1 aliphatic heterocycles. The van der Waals surface area contributed by atoms with Gasteiger partial charge >= 0.3 is 0 Å². The number of nitrogens with zero attached hydrogens (tertiary/aromatic N) is 2. The molecule has 0 radical (unpaired) electrons. The van der Waals surface area contributed by atoms with Crippen LogP contribution in [0.25, 0.3) is 10.9 Å². The Hall–Kier alpha value is -2.48. The lowest BCUT2D eigenvalue weighted by molar-refractivity contribution is -0.125. The lowest BCUT2D eigenvalue weighted by atomic mass is 10.0. The van der Waals surface area contributed by atoms with E-state index in [-0.39, 0.29) is 17.6 Å². The summed E-state index contributed by atoms with van der Waals surface area (Å²) in [5, 5.41) is 5.55. The molecule has 6 nitrogen and oxygen atoms in total. The molecule has 0 aliphatic carbocycles. The smallest absolute Gasteiger partial charge is 0.247 e. The molecule has 4 rings (SSSR count). The molecule has 8 heteroatoms. The van der Waals surface area contributed by atoms with Crippen LogP contribution in [0.5, 0.6) is 0 Å². The van der Waals surface area contributed by atoms with Crippen molar-refractivity contribution in [1.82, 2.24) is 9.88 Å². The zero-order valence-electron chi connectivity index (χ0n) is 19.1. The van der Waals surface area contributed by atoms with Gasteiger partial charge < -0.3 is 14.6 Å². The summed E-state index contributed by atoms with van der Waals surface area (Å²) in [7, 11) is 1.99. The molecular formula is C25H28ClN3O3S. The van der Waals surface area contributed by atoms with Crippen LogP contribution in [0.1, 0.15) is 30.5 Å². The fourth-order valence-electron chi connectivity index (χ4n) is 4.35. The van der Waals surface area contributed by atoms with E-state index in [9.17, 15) is 9.59 Å². The number of nitrogens with one attached hydrogen (secondary N) is 1. The van der Waals surface area contributed by atoms with Gasteiger partial charge in [-0.3, -0.25) is 14.5 Å². The minimum Gasteiger partial charge on any atom is -0.382 e. The Kier molecular flexibility index (Phi) is 7.32. The van der Waals surface area contributed by atoms with Crippen LogP contribution in [-0.4, -0.2) is 41.9 Å². The van der Waals surface area contributed by atoms with E-state index in [4.69, 9.17) is 16.3 Å². The van der Waals surface area contributed by atoms with Crippen molar-refractivity contribution in [3.05, 3.63) is 58.6 Å². The van der Waals surface area contributed by atoms with Crippen molar-refractivity contribution in [3.8, 4) is 0 Å². The minimum atomic E-state index is -0.791. The second-order valence-electron chi connectivity index (χ2n) is 8.02. The topological polar surface area (TPSA) is 63.6 Å². The lowest BCUT2D eigenvalue weighted by Gasteiger charge is -2.31. The van der Waals surface area contributed by atoms with E-state index in [0.29, 0.717) is 36.9 Å². The van der Waals surface area contributed by atoms with Gasteiger partial charge in [0.25, 0.3) is 0 Å². The van der Waals surface area contributed by atoms with E-state index in [1.54, 1.807) is 11.0 Å². The van der Waals surface area contributed by atoms with Crippen molar-refractivity contribution in [2.75, 3.05) is 30.4 Å². The monoisotopic (exact) mass is 485 g/mol. The van der Waals surface area contributed by atoms with Crippen molar-refractivity contribution in [1.29, 1.82) is 0 Å². The molecule has 0 bridgehead atoms. The molecule has 2 heterocycles. The van der Waals surface area contributed by atoms with Gasteiger partial charge in [0, 0.05) is 54.0 Å². The molecule has 2 aromatic carbocycles. The molecule has 0 spiro atoms. The number of anilines is 1. The standard InChI is InChI=1S/C25H28ClN3O3S/c1-4-32-13-7-12-27-24(31)23-22-18-8-5-6-9-20(18)28(3)25(22)33-15-21(30)29(23)19-11-10-17(26)14-16(19)2/h5-6,8-11,14,23H,4,7,12-13,15H2,1-3H3,(H,27,31)/t23-/m1/s1. The summed E-state index contributed by atoms with van der Waals surface area (Å²) >= 11 is 7.67. The molecule has 1 aliphatic rings. The number of ether oxygens (including phenoxy) is 1. The van der Waals surface area contributed by atoms with Gasteiger partial charge in [0.1, 0.15) is 6.04 Å². The van der Waals surface area contributed by atoms with Gasteiger partial charge in [-0.2, -0.15) is 0 Å². The number of amides is 2. The van der Waals surface area contributed by atoms with Crippen LogP contribution >= 0.6 is 23.4 Å². The van der Waals surface area contributed by atoms with Crippen LogP contribution in [0.4, 0.5) is 5.69 Å². The highest BCUT2D eigenvalue weighted by atomic mass is 35.5. The third-order valence-corrected chi connectivity index (χ3v) is 7.25. The molecule has 174 valence electrons. The quantitative estimate of drug-likeness (QED) is 0.485. The number of carbonyl (C=O) groups is 2. The third kappa shape index (κ3) is 4.63. The number of carbonyl (C=O) groups excluding carboxylic acids is 2. The van der Waals surface area contributed by atoms with Gasteiger partial charge in [-0.1, -0.05) is 41.6 Å². The van der Waals surface area contributed by atoms with E-state index in [1.807, 2.05) is 57.3 Å². The molecule has 1 aromatic heterocycles. The lowest BCUT2D eigenvalue weighted by Crippen LogP contribution is -2.44. The van der Waals surface area contributed by atoms with E-state index in [1.165, 1.54) is 11.8 Å². The van der Waals surface area contributed by atoms with Gasteiger partial charge in [-0.15, -0.1) is 0 Å². The fraction of sp³-hybridized carbons (Fsp3) is 0.360. The molecule has 33 heavy (non-hydrogen) atoms. The molecule has 2 amide bonds. The maximum atomic E-state index is 13.7. The predicted octanol–water partition coefficient (Wildman–Crippen LogP) is 4.86. The summed E-state index contributed by atoms with van der Waals surface area (Å²) in [5.74, 6) is -0.0673. The Bertz CT molecular complexity index is 1190. The summed E-state index contributed by atoms with van der Waals surface area (Å²) in [6, 6.07) is 12.6. The number of para-hydroxylation sites is 1. The minimum absolute atomic E-state index is 0.111. The van der Waals surface area contributed by atoms with E-state index >= 15 is 0 Å². The largest absolute Gasteiger partial charge is 0.382 e. The first-order chi connectivity index (χ1) is 15.9. The Labute approximate surface area is 203 Å². The first-order valence-corrected chi connectivity index (χ1v) is 12.4. The maximum absolute atomic E-state index is 13.7. The summed E-state index contributed by atoms with van der Waals surface area (Å²) < 4.78 is 7.48. The number of aryl methyl sites for hydroxylation is 2. The zero-order chi connectivity index (χ0) is 23.5. The molecule has 3 aromatic rings. The first-order valence-electron chi connectivity index (χ1n) is 11.1. The molecule has 0 fully saturated rings. The Morgan fingerprint density at radius 2 is 2.06 bits per heavy atom. The average Bonchev–Trinajstić information content (AvgIpc) is 2.97. The number of halogens is 1. The van der Waals surface area contributed by atoms with Crippen LogP contribution in [0.2, 0.25) is 5.02 Å². The van der Waals surface area contributed by atoms with E-state index < -0.39 is 6.04 Å². The van der Waals surface area contributed by atoms with Crippen LogP contribution in [0.3, 0.4) is 0 Å². The number of hydrogen-bond donors (Lipinski definition) is 1. The van der Waals surface area contributed by atoms with Gasteiger partial charge in [0.05, 0.1) is 10.8 Å².